The summed E-state index contributed by atoms with van der Waals surface area (Å²) in [5.74, 6) is -1.28. The van der Waals surface area contributed by atoms with Crippen molar-refractivity contribution in [2.75, 3.05) is 5.32 Å². The first kappa shape index (κ1) is 19.1. The zero-order valence-corrected chi connectivity index (χ0v) is 15.1. The number of rotatable bonds is 5. The zero-order valence-electron chi connectivity index (χ0n) is 14.3. The van der Waals surface area contributed by atoms with Gasteiger partial charge in [0.05, 0.1) is 16.1 Å². The molecule has 1 amide bonds. The van der Waals surface area contributed by atoms with Crippen molar-refractivity contribution >= 4 is 34.9 Å². The third-order valence-electron chi connectivity index (χ3n) is 3.74. The van der Waals surface area contributed by atoms with Crippen LogP contribution in [0.3, 0.4) is 0 Å². The van der Waals surface area contributed by atoms with Crippen LogP contribution in [0.15, 0.2) is 72.8 Å². The maximum atomic E-state index is 12.5. The van der Waals surface area contributed by atoms with Gasteiger partial charge in [-0.3, -0.25) is 14.9 Å². The number of hydrogen-bond acceptors (Lipinski definition) is 5. The molecule has 140 valence electrons. The number of nitro benzene ring substituents is 1. The standard InChI is InChI=1S/C20H13ClN2O5/c21-16-11-10-13(12-17(16)23(26)27)20(25)28-18-9-5-4-8-15(18)19(24)22-14-6-2-1-3-7-14/h1-12H,(H,22,24). The van der Waals surface area contributed by atoms with Crippen molar-refractivity contribution in [2.45, 2.75) is 0 Å². The fourth-order valence-corrected chi connectivity index (χ4v) is 2.59. The molecule has 0 aliphatic rings. The van der Waals surface area contributed by atoms with E-state index in [1.54, 1.807) is 36.4 Å². The number of para-hydroxylation sites is 2. The van der Waals surface area contributed by atoms with E-state index in [9.17, 15) is 19.7 Å². The Labute approximate surface area is 164 Å². The number of esters is 1. The summed E-state index contributed by atoms with van der Waals surface area (Å²) in [5.41, 5.74) is 0.255. The van der Waals surface area contributed by atoms with E-state index >= 15 is 0 Å². The minimum atomic E-state index is -0.847. The summed E-state index contributed by atoms with van der Waals surface area (Å²) in [4.78, 5) is 35.2. The molecule has 3 aromatic carbocycles. The molecule has 0 atom stereocenters. The number of ether oxygens (including phenoxy) is 1. The molecule has 0 aromatic heterocycles. The van der Waals surface area contributed by atoms with Gasteiger partial charge in [-0.05, 0) is 36.4 Å². The second kappa shape index (κ2) is 8.32. The first-order valence-electron chi connectivity index (χ1n) is 8.07. The molecule has 1 N–H and O–H groups in total. The van der Waals surface area contributed by atoms with Crippen LogP contribution in [0.1, 0.15) is 20.7 Å². The molecule has 0 saturated carbocycles. The lowest BCUT2D eigenvalue weighted by Gasteiger charge is -2.10. The second-order valence-electron chi connectivity index (χ2n) is 5.63. The third-order valence-corrected chi connectivity index (χ3v) is 4.06. The molecule has 0 fully saturated rings. The molecule has 0 bridgehead atoms. The summed E-state index contributed by atoms with van der Waals surface area (Å²) in [6.45, 7) is 0. The van der Waals surface area contributed by atoms with Crippen molar-refractivity contribution in [2.24, 2.45) is 0 Å². The number of carbonyl (C=O) groups excluding carboxylic acids is 2. The molecular formula is C20H13ClN2O5. The molecule has 0 heterocycles. The van der Waals surface area contributed by atoms with Gasteiger partial charge in [0.2, 0.25) is 0 Å². The maximum Gasteiger partial charge on any atom is 0.343 e. The molecule has 0 aliphatic carbocycles. The predicted molar refractivity (Wildman–Crippen MR) is 104 cm³/mol. The second-order valence-corrected chi connectivity index (χ2v) is 6.04. The highest BCUT2D eigenvalue weighted by Crippen LogP contribution is 2.26. The number of halogens is 1. The summed E-state index contributed by atoms with van der Waals surface area (Å²) in [6, 6.07) is 18.6. The first-order valence-corrected chi connectivity index (χ1v) is 8.45. The third kappa shape index (κ3) is 4.33. The van der Waals surface area contributed by atoms with E-state index in [1.165, 1.54) is 24.3 Å². The Morgan fingerprint density at radius 2 is 1.64 bits per heavy atom. The lowest BCUT2D eigenvalue weighted by Crippen LogP contribution is -2.16. The van der Waals surface area contributed by atoms with Gasteiger partial charge in [0.1, 0.15) is 10.8 Å². The smallest absolute Gasteiger partial charge is 0.343 e. The number of nitrogens with one attached hydrogen (secondary N) is 1. The van der Waals surface area contributed by atoms with Gasteiger partial charge in [-0.2, -0.15) is 0 Å². The van der Waals surface area contributed by atoms with E-state index in [-0.39, 0.29) is 21.9 Å². The Balaban J connectivity index is 1.83. The maximum absolute atomic E-state index is 12.5. The number of nitro groups is 1. The van der Waals surface area contributed by atoms with Crippen LogP contribution in [-0.4, -0.2) is 16.8 Å². The molecule has 0 aliphatic heterocycles. The van der Waals surface area contributed by atoms with Crippen LogP contribution in [0.5, 0.6) is 5.75 Å². The summed E-state index contributed by atoms with van der Waals surface area (Å²) in [5, 5.41) is 13.6. The molecular weight excluding hydrogens is 384 g/mol. The van der Waals surface area contributed by atoms with E-state index in [4.69, 9.17) is 16.3 Å². The fourth-order valence-electron chi connectivity index (χ4n) is 2.40. The number of hydrogen-bond donors (Lipinski definition) is 1. The largest absolute Gasteiger partial charge is 0.422 e. The van der Waals surface area contributed by atoms with Crippen molar-refractivity contribution in [3.8, 4) is 5.75 Å². The highest BCUT2D eigenvalue weighted by molar-refractivity contribution is 6.32. The molecule has 28 heavy (non-hydrogen) atoms. The van der Waals surface area contributed by atoms with Gasteiger partial charge in [0.25, 0.3) is 11.6 Å². The van der Waals surface area contributed by atoms with Crippen LogP contribution in [0.4, 0.5) is 11.4 Å². The van der Waals surface area contributed by atoms with E-state index in [0.29, 0.717) is 5.69 Å². The normalized spacial score (nSPS) is 10.2. The van der Waals surface area contributed by atoms with Gasteiger partial charge in [-0.15, -0.1) is 0 Å². The van der Waals surface area contributed by atoms with Crippen LogP contribution in [0.25, 0.3) is 0 Å². The minimum Gasteiger partial charge on any atom is -0.422 e. The van der Waals surface area contributed by atoms with E-state index < -0.39 is 22.5 Å². The SMILES string of the molecule is O=C(Oc1ccccc1C(=O)Nc1ccccc1)c1ccc(Cl)c([N+](=O)[O-])c1. The van der Waals surface area contributed by atoms with E-state index in [0.717, 1.165) is 6.07 Å². The average molecular weight is 397 g/mol. The van der Waals surface area contributed by atoms with Gasteiger partial charge in [-0.1, -0.05) is 41.9 Å². The Morgan fingerprint density at radius 3 is 2.36 bits per heavy atom. The summed E-state index contributed by atoms with van der Waals surface area (Å²) in [6.07, 6.45) is 0. The zero-order chi connectivity index (χ0) is 20.1. The van der Waals surface area contributed by atoms with Crippen molar-refractivity contribution in [1.29, 1.82) is 0 Å². The molecule has 7 nitrogen and oxygen atoms in total. The van der Waals surface area contributed by atoms with Crippen molar-refractivity contribution in [3.63, 3.8) is 0 Å². The number of nitrogens with zero attached hydrogens (tertiary/aromatic N) is 1. The number of carbonyl (C=O) groups is 2. The number of amides is 1. The quantitative estimate of drug-likeness (QED) is 0.291. The molecule has 3 rings (SSSR count). The molecule has 0 radical (unpaired) electrons. The van der Waals surface area contributed by atoms with Gasteiger partial charge in [0, 0.05) is 11.8 Å². The molecule has 0 unspecified atom stereocenters. The van der Waals surface area contributed by atoms with Crippen molar-refractivity contribution in [1.82, 2.24) is 0 Å². The first-order chi connectivity index (χ1) is 13.5. The minimum absolute atomic E-state index is 0.0264. The van der Waals surface area contributed by atoms with Crippen LogP contribution < -0.4 is 10.1 Å². The van der Waals surface area contributed by atoms with Gasteiger partial charge < -0.3 is 10.1 Å². The predicted octanol–water partition coefficient (Wildman–Crippen LogP) is 4.72. The van der Waals surface area contributed by atoms with Crippen molar-refractivity contribution < 1.29 is 19.2 Å². The van der Waals surface area contributed by atoms with Crippen LogP contribution >= 0.6 is 11.6 Å². The highest BCUT2D eigenvalue weighted by Gasteiger charge is 2.20. The lowest BCUT2D eigenvalue weighted by atomic mass is 10.1. The van der Waals surface area contributed by atoms with Crippen LogP contribution in [0, 0.1) is 10.1 Å². The number of benzene rings is 3. The monoisotopic (exact) mass is 396 g/mol. The Morgan fingerprint density at radius 1 is 0.964 bits per heavy atom. The summed E-state index contributed by atoms with van der Waals surface area (Å²) >= 11 is 5.75. The fraction of sp³-hybridized carbons (Fsp3) is 0. The van der Waals surface area contributed by atoms with Crippen molar-refractivity contribution in [3.05, 3.63) is 99.1 Å². The summed E-state index contributed by atoms with van der Waals surface area (Å²) < 4.78 is 5.30. The van der Waals surface area contributed by atoms with E-state index in [2.05, 4.69) is 5.32 Å². The number of anilines is 1. The van der Waals surface area contributed by atoms with Crippen LogP contribution in [0.2, 0.25) is 5.02 Å². The molecule has 8 heteroatoms. The Bertz CT molecular complexity index is 1050. The highest BCUT2D eigenvalue weighted by atomic mass is 35.5. The van der Waals surface area contributed by atoms with E-state index in [1.807, 2.05) is 6.07 Å². The average Bonchev–Trinajstić information content (AvgIpc) is 2.69. The van der Waals surface area contributed by atoms with Crippen LogP contribution in [-0.2, 0) is 0 Å². The summed E-state index contributed by atoms with van der Waals surface area (Å²) in [7, 11) is 0. The molecule has 0 saturated heterocycles. The lowest BCUT2D eigenvalue weighted by molar-refractivity contribution is -0.384. The molecule has 0 spiro atoms. The van der Waals surface area contributed by atoms with Gasteiger partial charge in [0.15, 0.2) is 0 Å². The Hall–Kier alpha value is -3.71. The Kier molecular flexibility index (Phi) is 5.67. The topological polar surface area (TPSA) is 98.5 Å². The van der Waals surface area contributed by atoms with Gasteiger partial charge in [-0.25, -0.2) is 4.79 Å². The van der Waals surface area contributed by atoms with Gasteiger partial charge >= 0.3 is 5.97 Å². The molecule has 3 aromatic rings.